The Bertz CT molecular complexity index is 1180. The predicted octanol–water partition coefficient (Wildman–Crippen LogP) is 1.73. The van der Waals surface area contributed by atoms with Crippen molar-refractivity contribution in [2.45, 2.75) is 29.3 Å². The molecule has 0 unspecified atom stereocenters. The Balaban J connectivity index is 1.48. The summed E-state index contributed by atoms with van der Waals surface area (Å²) in [6, 6.07) is 8.44. The van der Waals surface area contributed by atoms with Crippen LogP contribution in [-0.4, -0.2) is 70.7 Å². The van der Waals surface area contributed by atoms with Gasteiger partial charge in [-0.05, 0) is 43.2 Å². The van der Waals surface area contributed by atoms with Crippen LogP contribution in [0.4, 0.5) is 5.69 Å². The second kappa shape index (κ2) is 9.32. The molecule has 1 N–H and O–H groups in total. The predicted molar refractivity (Wildman–Crippen MR) is 115 cm³/mol. The van der Waals surface area contributed by atoms with Gasteiger partial charge in [-0.15, -0.1) is 0 Å². The van der Waals surface area contributed by atoms with Crippen LogP contribution in [0.2, 0.25) is 0 Å². The molecule has 12 heteroatoms. The number of rotatable bonds is 6. The van der Waals surface area contributed by atoms with E-state index in [0.29, 0.717) is 26.3 Å². The SMILES string of the molecule is O=C(Nc1cccc(S(=O)(=O)N2CCOCC2)c1)c1ccc(S(=O)(=O)N2CCCCC2)o1. The molecule has 0 radical (unpaired) electrons. The fourth-order valence-electron chi connectivity index (χ4n) is 3.68. The number of amides is 1. The van der Waals surface area contributed by atoms with Crippen LogP contribution in [0.5, 0.6) is 0 Å². The highest BCUT2D eigenvalue weighted by atomic mass is 32.2. The molecule has 2 fully saturated rings. The van der Waals surface area contributed by atoms with E-state index >= 15 is 0 Å². The summed E-state index contributed by atoms with van der Waals surface area (Å²) in [5.74, 6) is -0.854. The Morgan fingerprint density at radius 3 is 2.25 bits per heavy atom. The fourth-order valence-corrected chi connectivity index (χ4v) is 6.56. The maximum Gasteiger partial charge on any atom is 0.291 e. The van der Waals surface area contributed by atoms with Gasteiger partial charge in [0.25, 0.3) is 15.9 Å². The molecule has 1 amide bonds. The van der Waals surface area contributed by atoms with Crippen molar-refractivity contribution in [2.24, 2.45) is 0 Å². The van der Waals surface area contributed by atoms with Gasteiger partial charge in [-0.1, -0.05) is 12.5 Å². The van der Waals surface area contributed by atoms with Crippen LogP contribution in [0.25, 0.3) is 0 Å². The zero-order valence-electron chi connectivity index (χ0n) is 17.4. The van der Waals surface area contributed by atoms with Crippen molar-refractivity contribution in [1.82, 2.24) is 8.61 Å². The van der Waals surface area contributed by atoms with Crippen molar-refractivity contribution in [1.29, 1.82) is 0 Å². The molecule has 0 aliphatic carbocycles. The molecule has 2 aliphatic rings. The summed E-state index contributed by atoms with van der Waals surface area (Å²) in [6.07, 6.45) is 2.56. The zero-order chi connectivity index (χ0) is 22.8. The molecule has 3 heterocycles. The number of hydrogen-bond donors (Lipinski definition) is 1. The maximum absolute atomic E-state index is 12.8. The Kier molecular flexibility index (Phi) is 6.67. The molecule has 2 saturated heterocycles. The lowest BCUT2D eigenvalue weighted by atomic mass is 10.2. The number of hydrogen-bond acceptors (Lipinski definition) is 7. The number of piperidine rings is 1. The molecule has 0 spiro atoms. The van der Waals surface area contributed by atoms with Gasteiger partial charge in [-0.3, -0.25) is 4.79 Å². The third-order valence-electron chi connectivity index (χ3n) is 5.41. The van der Waals surface area contributed by atoms with Gasteiger partial charge in [0.2, 0.25) is 15.1 Å². The molecule has 0 saturated carbocycles. The van der Waals surface area contributed by atoms with Gasteiger partial charge < -0.3 is 14.5 Å². The molecule has 1 aromatic carbocycles. The monoisotopic (exact) mass is 483 g/mol. The molecule has 2 aliphatic heterocycles. The molecule has 10 nitrogen and oxygen atoms in total. The van der Waals surface area contributed by atoms with E-state index in [1.54, 1.807) is 6.07 Å². The van der Waals surface area contributed by atoms with E-state index in [1.165, 1.54) is 38.9 Å². The fraction of sp³-hybridized carbons (Fsp3) is 0.450. The van der Waals surface area contributed by atoms with Gasteiger partial charge in [-0.2, -0.15) is 8.61 Å². The van der Waals surface area contributed by atoms with E-state index in [4.69, 9.17) is 9.15 Å². The summed E-state index contributed by atoms with van der Waals surface area (Å²) in [4.78, 5) is 12.6. The Labute approximate surface area is 187 Å². The third kappa shape index (κ3) is 4.74. The van der Waals surface area contributed by atoms with Crippen molar-refractivity contribution in [3.63, 3.8) is 0 Å². The zero-order valence-corrected chi connectivity index (χ0v) is 19.0. The van der Waals surface area contributed by atoms with Crippen LogP contribution in [0, 0.1) is 0 Å². The summed E-state index contributed by atoms with van der Waals surface area (Å²) in [5, 5.41) is 2.29. The number of furan rings is 1. The van der Waals surface area contributed by atoms with E-state index in [0.717, 1.165) is 19.3 Å². The molecule has 1 aromatic heterocycles. The number of carbonyl (C=O) groups excluding carboxylic acids is 1. The Hall–Kier alpha value is -2.25. The quantitative estimate of drug-likeness (QED) is 0.663. The van der Waals surface area contributed by atoms with E-state index in [-0.39, 0.29) is 34.5 Å². The number of carbonyl (C=O) groups is 1. The topological polar surface area (TPSA) is 126 Å². The lowest BCUT2D eigenvalue weighted by molar-refractivity contribution is 0.0730. The van der Waals surface area contributed by atoms with Crippen LogP contribution in [0.15, 0.2) is 50.8 Å². The minimum absolute atomic E-state index is 0.0463. The highest BCUT2D eigenvalue weighted by Gasteiger charge is 2.30. The number of nitrogens with one attached hydrogen (secondary N) is 1. The molecule has 32 heavy (non-hydrogen) atoms. The number of benzene rings is 1. The minimum Gasteiger partial charge on any atom is -0.438 e. The number of anilines is 1. The number of ether oxygens (including phenoxy) is 1. The lowest BCUT2D eigenvalue weighted by Gasteiger charge is -2.26. The summed E-state index contributed by atoms with van der Waals surface area (Å²) < 4.78 is 64.3. The van der Waals surface area contributed by atoms with Crippen LogP contribution >= 0.6 is 0 Å². The van der Waals surface area contributed by atoms with Crippen LogP contribution in [-0.2, 0) is 24.8 Å². The molecule has 2 aromatic rings. The van der Waals surface area contributed by atoms with Crippen molar-refractivity contribution in [3.05, 3.63) is 42.2 Å². The largest absolute Gasteiger partial charge is 0.438 e. The smallest absolute Gasteiger partial charge is 0.291 e. The van der Waals surface area contributed by atoms with Crippen molar-refractivity contribution in [2.75, 3.05) is 44.7 Å². The summed E-state index contributed by atoms with van der Waals surface area (Å²) in [5.41, 5.74) is 0.251. The minimum atomic E-state index is -3.79. The maximum atomic E-state index is 12.8. The summed E-state index contributed by atoms with van der Waals surface area (Å²) in [6.45, 7) is 2.04. The van der Waals surface area contributed by atoms with Gasteiger partial charge in [-0.25, -0.2) is 16.8 Å². The molecule has 174 valence electrons. The number of sulfonamides is 2. The Morgan fingerprint density at radius 1 is 0.844 bits per heavy atom. The van der Waals surface area contributed by atoms with Gasteiger partial charge >= 0.3 is 0 Å². The van der Waals surface area contributed by atoms with Gasteiger partial charge in [0.1, 0.15) is 0 Å². The molecule has 0 atom stereocenters. The average molecular weight is 484 g/mol. The first-order valence-electron chi connectivity index (χ1n) is 10.4. The van der Waals surface area contributed by atoms with E-state index in [1.807, 2.05) is 0 Å². The second-order valence-electron chi connectivity index (χ2n) is 7.58. The van der Waals surface area contributed by atoms with Crippen LogP contribution < -0.4 is 5.32 Å². The van der Waals surface area contributed by atoms with Crippen LogP contribution in [0.1, 0.15) is 29.8 Å². The summed E-state index contributed by atoms with van der Waals surface area (Å²) in [7, 11) is -7.51. The van der Waals surface area contributed by atoms with Crippen molar-refractivity contribution >= 4 is 31.6 Å². The van der Waals surface area contributed by atoms with Gasteiger partial charge in [0.15, 0.2) is 5.76 Å². The number of nitrogens with zero attached hydrogens (tertiary/aromatic N) is 2. The van der Waals surface area contributed by atoms with Crippen molar-refractivity contribution in [3.8, 4) is 0 Å². The van der Waals surface area contributed by atoms with Gasteiger partial charge in [0.05, 0.1) is 18.1 Å². The van der Waals surface area contributed by atoms with E-state index in [9.17, 15) is 21.6 Å². The molecule has 0 bridgehead atoms. The number of morpholine rings is 1. The molecular weight excluding hydrogens is 458 g/mol. The normalized spacial score (nSPS) is 19.0. The summed E-state index contributed by atoms with van der Waals surface area (Å²) >= 11 is 0. The highest BCUT2D eigenvalue weighted by Crippen LogP contribution is 2.24. The molecular formula is C20H25N3O7S2. The second-order valence-corrected chi connectivity index (χ2v) is 11.4. The first kappa shape index (κ1) is 22.9. The standard InChI is InChI=1S/C20H25N3O7S2/c24-20(18-7-8-19(30-18)32(27,28)22-9-2-1-3-10-22)21-16-5-4-6-17(15-16)31(25,26)23-11-13-29-14-12-23/h4-8,15H,1-3,9-14H2,(H,21,24). The van der Waals surface area contributed by atoms with Crippen molar-refractivity contribution < 1.29 is 30.8 Å². The first-order valence-corrected chi connectivity index (χ1v) is 13.3. The van der Waals surface area contributed by atoms with E-state index < -0.39 is 26.0 Å². The van der Waals surface area contributed by atoms with Crippen LogP contribution in [0.3, 0.4) is 0 Å². The average Bonchev–Trinajstić information content (AvgIpc) is 3.32. The highest BCUT2D eigenvalue weighted by molar-refractivity contribution is 7.89. The third-order valence-corrected chi connectivity index (χ3v) is 9.08. The first-order chi connectivity index (χ1) is 15.3. The lowest BCUT2D eigenvalue weighted by Crippen LogP contribution is -2.40. The Morgan fingerprint density at radius 2 is 1.53 bits per heavy atom. The molecule has 4 rings (SSSR count). The van der Waals surface area contributed by atoms with Gasteiger partial charge in [0, 0.05) is 31.9 Å². The van der Waals surface area contributed by atoms with E-state index in [2.05, 4.69) is 5.32 Å².